The lowest BCUT2D eigenvalue weighted by molar-refractivity contribution is -0.143. The van der Waals surface area contributed by atoms with Gasteiger partial charge in [-0.25, -0.2) is 9.80 Å². The number of hydrazone groups is 1. The van der Waals surface area contributed by atoms with Crippen LogP contribution in [0.3, 0.4) is 0 Å². The Morgan fingerprint density at radius 1 is 0.976 bits per heavy atom. The molecule has 2 aliphatic heterocycles. The summed E-state index contributed by atoms with van der Waals surface area (Å²) < 4.78 is 11.0. The first-order valence-electron chi connectivity index (χ1n) is 14.5. The number of carboxylic acid groups (broad SMARTS) is 1. The van der Waals surface area contributed by atoms with E-state index in [1.807, 2.05) is 18.2 Å². The number of fused-ring (bicyclic) bond motifs is 1. The van der Waals surface area contributed by atoms with Crippen molar-refractivity contribution in [3.05, 3.63) is 53.6 Å². The molecule has 0 spiro atoms. The fourth-order valence-corrected chi connectivity index (χ4v) is 6.46. The first-order valence-corrected chi connectivity index (χ1v) is 14.5. The average molecular weight is 579 g/mol. The molecule has 0 bridgehead atoms. The lowest BCUT2D eigenvalue weighted by atomic mass is 9.73. The standard InChI is InChI=1S/C31H38N4O7/c1-41-26-12-9-20(18-27(26)42-2)28-23-5-3-4-6-24(23)29(37)35(33-28)21-13-15-34(16-14-21)30(38)25(32-31(39)40)17-19-7-10-22(36)11-8-19/h7-12,18,21,23-25,32,36H,3-6,13-17H2,1-2H3,(H,39,40)/t23-,24+,25+/m0/s1. The second-order valence-electron chi connectivity index (χ2n) is 11.2. The van der Waals surface area contributed by atoms with E-state index in [4.69, 9.17) is 14.6 Å². The van der Waals surface area contributed by atoms with E-state index in [-0.39, 0.29) is 41.9 Å². The normalized spacial score (nSPS) is 21.7. The monoisotopic (exact) mass is 578 g/mol. The van der Waals surface area contributed by atoms with Gasteiger partial charge in [-0.1, -0.05) is 25.0 Å². The van der Waals surface area contributed by atoms with E-state index >= 15 is 0 Å². The zero-order valence-corrected chi connectivity index (χ0v) is 24.0. The molecular weight excluding hydrogens is 540 g/mol. The summed E-state index contributed by atoms with van der Waals surface area (Å²) in [5, 5.41) is 27.9. The number of hydrogen-bond donors (Lipinski definition) is 3. The summed E-state index contributed by atoms with van der Waals surface area (Å²) in [6.45, 7) is 0.770. The smallest absolute Gasteiger partial charge is 0.405 e. The largest absolute Gasteiger partial charge is 0.508 e. The molecule has 3 aliphatic rings. The minimum absolute atomic E-state index is 0.0463. The summed E-state index contributed by atoms with van der Waals surface area (Å²) in [6, 6.07) is 11.0. The van der Waals surface area contributed by atoms with Crippen LogP contribution in [0.2, 0.25) is 0 Å². The van der Waals surface area contributed by atoms with Crippen LogP contribution >= 0.6 is 0 Å². The van der Waals surface area contributed by atoms with Crippen LogP contribution in [-0.4, -0.2) is 83.1 Å². The minimum atomic E-state index is -1.28. The van der Waals surface area contributed by atoms with Crippen molar-refractivity contribution in [3.63, 3.8) is 0 Å². The maximum absolute atomic E-state index is 13.7. The maximum Gasteiger partial charge on any atom is 0.405 e. The molecule has 2 aromatic rings. The number of hydrogen-bond acceptors (Lipinski definition) is 7. The molecule has 2 fully saturated rings. The number of phenolic OH excluding ortho intramolecular Hbond substituents is 1. The number of carbonyl (C=O) groups is 3. The molecule has 3 atom stereocenters. The summed E-state index contributed by atoms with van der Waals surface area (Å²) in [4.78, 5) is 40.3. The summed E-state index contributed by atoms with van der Waals surface area (Å²) in [7, 11) is 3.19. The van der Waals surface area contributed by atoms with Crippen LogP contribution in [0.25, 0.3) is 0 Å². The van der Waals surface area contributed by atoms with Gasteiger partial charge in [-0.15, -0.1) is 0 Å². The van der Waals surface area contributed by atoms with Gasteiger partial charge in [0.1, 0.15) is 11.8 Å². The van der Waals surface area contributed by atoms with Gasteiger partial charge in [0.2, 0.25) is 11.8 Å². The molecule has 0 aromatic heterocycles. The van der Waals surface area contributed by atoms with Crippen molar-refractivity contribution in [2.45, 2.75) is 57.0 Å². The predicted molar refractivity (Wildman–Crippen MR) is 155 cm³/mol. The van der Waals surface area contributed by atoms with Gasteiger partial charge in [0, 0.05) is 36.9 Å². The number of ether oxygens (including phenoxy) is 2. The maximum atomic E-state index is 13.7. The summed E-state index contributed by atoms with van der Waals surface area (Å²) in [5.74, 6) is 0.987. The highest BCUT2D eigenvalue weighted by molar-refractivity contribution is 6.07. The van der Waals surface area contributed by atoms with Gasteiger partial charge >= 0.3 is 6.09 Å². The Kier molecular flexibility index (Phi) is 8.84. The van der Waals surface area contributed by atoms with Crippen molar-refractivity contribution in [2.24, 2.45) is 16.9 Å². The topological polar surface area (TPSA) is 141 Å². The van der Waals surface area contributed by atoms with Crippen LogP contribution in [0.1, 0.15) is 49.7 Å². The Hall–Kier alpha value is -4.28. The number of aromatic hydroxyl groups is 1. The van der Waals surface area contributed by atoms with Gasteiger partial charge in [-0.3, -0.25) is 9.59 Å². The Bertz CT molecular complexity index is 1340. The van der Waals surface area contributed by atoms with E-state index in [2.05, 4.69) is 5.32 Å². The molecule has 3 N–H and O–H groups in total. The highest BCUT2D eigenvalue weighted by Gasteiger charge is 2.44. The molecule has 1 saturated heterocycles. The van der Waals surface area contributed by atoms with Crippen LogP contribution in [-0.2, 0) is 16.0 Å². The Morgan fingerprint density at radius 3 is 2.29 bits per heavy atom. The number of methoxy groups -OCH3 is 2. The Morgan fingerprint density at radius 2 is 1.64 bits per heavy atom. The van der Waals surface area contributed by atoms with Gasteiger partial charge in [0.05, 0.1) is 26.0 Å². The number of phenols is 1. The van der Waals surface area contributed by atoms with E-state index < -0.39 is 12.1 Å². The first kappa shape index (κ1) is 29.2. The Balaban J connectivity index is 1.33. The van der Waals surface area contributed by atoms with E-state index in [1.54, 1.807) is 36.3 Å². The highest BCUT2D eigenvalue weighted by atomic mass is 16.5. The second kappa shape index (κ2) is 12.7. The van der Waals surface area contributed by atoms with Crippen molar-refractivity contribution in [3.8, 4) is 17.2 Å². The van der Waals surface area contributed by atoms with Gasteiger partial charge in [0.15, 0.2) is 11.5 Å². The molecule has 3 amide bonds. The third-order valence-corrected chi connectivity index (χ3v) is 8.65. The van der Waals surface area contributed by atoms with Crippen molar-refractivity contribution in [1.82, 2.24) is 15.2 Å². The number of nitrogens with one attached hydrogen (secondary N) is 1. The lowest BCUT2D eigenvalue weighted by Gasteiger charge is -2.43. The molecule has 2 aromatic carbocycles. The quantitative estimate of drug-likeness (QED) is 0.434. The molecule has 2 heterocycles. The second-order valence-corrected chi connectivity index (χ2v) is 11.2. The lowest BCUT2D eigenvalue weighted by Crippen LogP contribution is -2.55. The molecular formula is C31H38N4O7. The average Bonchev–Trinajstić information content (AvgIpc) is 3.01. The zero-order valence-electron chi connectivity index (χ0n) is 24.0. The number of nitrogens with zero attached hydrogens (tertiary/aromatic N) is 3. The van der Waals surface area contributed by atoms with Crippen molar-refractivity contribution >= 4 is 23.6 Å². The van der Waals surface area contributed by atoms with Gasteiger partial charge in [-0.05, 0) is 61.6 Å². The number of likely N-dealkylation sites (tertiary alicyclic amines) is 1. The number of benzene rings is 2. The van der Waals surface area contributed by atoms with Crippen LogP contribution in [0.5, 0.6) is 17.2 Å². The minimum Gasteiger partial charge on any atom is -0.508 e. The van der Waals surface area contributed by atoms with E-state index in [0.29, 0.717) is 37.4 Å². The summed E-state index contributed by atoms with van der Waals surface area (Å²) in [6.07, 6.45) is 3.75. The van der Waals surface area contributed by atoms with Gasteiger partial charge in [-0.2, -0.15) is 5.10 Å². The molecule has 11 heteroatoms. The summed E-state index contributed by atoms with van der Waals surface area (Å²) in [5.41, 5.74) is 2.53. The van der Waals surface area contributed by atoms with E-state index in [1.165, 1.54) is 12.1 Å². The number of piperidine rings is 1. The Labute approximate surface area is 245 Å². The van der Waals surface area contributed by atoms with Crippen LogP contribution in [0.15, 0.2) is 47.6 Å². The van der Waals surface area contributed by atoms with Gasteiger partial charge < -0.3 is 29.9 Å². The number of amides is 3. The first-order chi connectivity index (χ1) is 20.3. The van der Waals surface area contributed by atoms with Crippen molar-refractivity contribution < 1.29 is 34.1 Å². The third-order valence-electron chi connectivity index (χ3n) is 8.65. The fourth-order valence-electron chi connectivity index (χ4n) is 6.46. The molecule has 5 rings (SSSR count). The number of rotatable bonds is 8. The molecule has 224 valence electrons. The summed E-state index contributed by atoms with van der Waals surface area (Å²) >= 11 is 0. The SMILES string of the molecule is COc1ccc(C2=NN(C3CCN(C(=O)[C@@H](Cc4ccc(O)cc4)NC(=O)O)CC3)C(=O)[C@@H]3CCCC[C@H]23)cc1OC. The van der Waals surface area contributed by atoms with E-state index in [9.17, 15) is 24.6 Å². The van der Waals surface area contributed by atoms with Crippen LogP contribution < -0.4 is 14.8 Å². The molecule has 1 saturated carbocycles. The predicted octanol–water partition coefficient (Wildman–Crippen LogP) is 3.63. The molecule has 0 radical (unpaired) electrons. The van der Waals surface area contributed by atoms with Crippen LogP contribution in [0, 0.1) is 11.8 Å². The number of carbonyl (C=O) groups excluding carboxylic acids is 2. The zero-order chi connectivity index (χ0) is 29.8. The molecule has 0 unspecified atom stereocenters. The molecule has 1 aliphatic carbocycles. The van der Waals surface area contributed by atoms with E-state index in [0.717, 1.165) is 42.5 Å². The molecule has 11 nitrogen and oxygen atoms in total. The van der Waals surface area contributed by atoms with Crippen molar-refractivity contribution in [2.75, 3.05) is 27.3 Å². The third kappa shape index (κ3) is 6.14. The van der Waals surface area contributed by atoms with Crippen molar-refractivity contribution in [1.29, 1.82) is 0 Å². The highest BCUT2D eigenvalue weighted by Crippen LogP contribution is 2.40. The van der Waals surface area contributed by atoms with Gasteiger partial charge in [0.25, 0.3) is 0 Å². The molecule has 42 heavy (non-hydrogen) atoms. The van der Waals surface area contributed by atoms with Crippen LogP contribution in [0.4, 0.5) is 4.79 Å². The fraction of sp³-hybridized carbons (Fsp3) is 0.484.